The fraction of sp³-hybridized carbons (Fsp3) is 0.286. The summed E-state index contributed by atoms with van der Waals surface area (Å²) < 4.78 is 24.9. The number of amides is 2. The van der Waals surface area contributed by atoms with Gasteiger partial charge in [0.2, 0.25) is 0 Å². The van der Waals surface area contributed by atoms with Crippen molar-refractivity contribution in [1.29, 1.82) is 0 Å². The minimum atomic E-state index is -0.409. The van der Waals surface area contributed by atoms with Crippen LogP contribution in [-0.2, 0) is 29.0 Å². The number of rotatable bonds is 10. The Hall–Kier alpha value is -3.58. The van der Waals surface area contributed by atoms with E-state index in [-0.39, 0.29) is 25.0 Å². The molecule has 3 aromatic rings. The molecule has 0 aliphatic heterocycles. The van der Waals surface area contributed by atoms with Gasteiger partial charge in [-0.1, -0.05) is 35.9 Å². The number of carbonyl (C=O) groups is 2. The molecule has 0 aromatic heterocycles. The average molecular weight is 513 g/mol. The van der Waals surface area contributed by atoms with E-state index in [0.29, 0.717) is 47.2 Å². The SMILES string of the molecule is CCOC(=O)Cc1ccc(OC)c(-c2ccc(F)cc2CN(CC)C(=O)NCc2ccc(Cl)cc2)c1. The smallest absolute Gasteiger partial charge is 0.317 e. The lowest BCUT2D eigenvalue weighted by atomic mass is 9.95. The molecule has 0 fully saturated rings. The van der Waals surface area contributed by atoms with Crippen molar-refractivity contribution in [3.05, 3.63) is 88.2 Å². The molecule has 3 rings (SSSR count). The molecule has 6 nitrogen and oxygen atoms in total. The number of halogens is 2. The molecular formula is C28H30ClFN2O4. The van der Waals surface area contributed by atoms with Crippen molar-refractivity contribution < 1.29 is 23.5 Å². The molecule has 0 radical (unpaired) electrons. The Labute approximate surface area is 216 Å². The first kappa shape index (κ1) is 27.0. The number of nitrogens with zero attached hydrogens (tertiary/aromatic N) is 1. The van der Waals surface area contributed by atoms with Gasteiger partial charge < -0.3 is 19.7 Å². The molecule has 0 aliphatic rings. The fourth-order valence-corrected chi connectivity index (χ4v) is 3.96. The van der Waals surface area contributed by atoms with E-state index in [4.69, 9.17) is 21.1 Å². The van der Waals surface area contributed by atoms with Crippen molar-refractivity contribution in [3.63, 3.8) is 0 Å². The van der Waals surface area contributed by atoms with Crippen molar-refractivity contribution in [2.24, 2.45) is 0 Å². The van der Waals surface area contributed by atoms with Crippen LogP contribution >= 0.6 is 11.6 Å². The number of urea groups is 1. The quantitative estimate of drug-likeness (QED) is 0.339. The lowest BCUT2D eigenvalue weighted by Crippen LogP contribution is -2.39. The van der Waals surface area contributed by atoms with Crippen LogP contribution in [0.2, 0.25) is 5.02 Å². The lowest BCUT2D eigenvalue weighted by molar-refractivity contribution is -0.142. The second-order valence-corrected chi connectivity index (χ2v) is 8.55. The van der Waals surface area contributed by atoms with E-state index in [2.05, 4.69) is 5.32 Å². The number of nitrogens with one attached hydrogen (secondary N) is 1. The van der Waals surface area contributed by atoms with Crippen molar-refractivity contribution in [2.75, 3.05) is 20.3 Å². The molecule has 0 aliphatic carbocycles. The number of esters is 1. The van der Waals surface area contributed by atoms with Gasteiger partial charge in [-0.25, -0.2) is 9.18 Å². The molecule has 36 heavy (non-hydrogen) atoms. The van der Waals surface area contributed by atoms with Crippen molar-refractivity contribution in [2.45, 2.75) is 33.4 Å². The van der Waals surface area contributed by atoms with Gasteiger partial charge in [-0.15, -0.1) is 0 Å². The normalized spacial score (nSPS) is 10.6. The van der Waals surface area contributed by atoms with E-state index in [1.165, 1.54) is 12.1 Å². The highest BCUT2D eigenvalue weighted by Gasteiger charge is 2.18. The van der Waals surface area contributed by atoms with Crippen LogP contribution in [-0.4, -0.2) is 37.2 Å². The van der Waals surface area contributed by atoms with Crippen LogP contribution in [0.3, 0.4) is 0 Å². The fourth-order valence-electron chi connectivity index (χ4n) is 3.83. The second kappa shape index (κ2) is 12.9. The minimum absolute atomic E-state index is 0.107. The van der Waals surface area contributed by atoms with Gasteiger partial charge >= 0.3 is 12.0 Å². The molecule has 0 saturated heterocycles. The van der Waals surface area contributed by atoms with Gasteiger partial charge in [-0.2, -0.15) is 0 Å². The molecule has 0 saturated carbocycles. The van der Waals surface area contributed by atoms with Gasteiger partial charge in [-0.05, 0) is 72.5 Å². The zero-order valence-electron chi connectivity index (χ0n) is 20.6. The number of benzene rings is 3. The zero-order chi connectivity index (χ0) is 26.1. The van der Waals surface area contributed by atoms with E-state index in [1.807, 2.05) is 25.1 Å². The van der Waals surface area contributed by atoms with E-state index < -0.39 is 5.82 Å². The molecule has 1 N–H and O–H groups in total. The van der Waals surface area contributed by atoms with E-state index in [1.54, 1.807) is 49.3 Å². The van der Waals surface area contributed by atoms with Crippen LogP contribution in [0.25, 0.3) is 11.1 Å². The molecule has 0 spiro atoms. The van der Waals surface area contributed by atoms with Crippen LogP contribution < -0.4 is 10.1 Å². The van der Waals surface area contributed by atoms with Gasteiger partial charge in [0.05, 0.1) is 20.1 Å². The Bertz CT molecular complexity index is 1200. The largest absolute Gasteiger partial charge is 0.496 e. The number of carbonyl (C=O) groups excluding carboxylic acids is 2. The molecule has 8 heteroatoms. The first-order valence-corrected chi connectivity index (χ1v) is 12.1. The Morgan fingerprint density at radius 2 is 1.69 bits per heavy atom. The molecule has 3 aromatic carbocycles. The third-order valence-corrected chi connectivity index (χ3v) is 5.91. The maximum atomic E-state index is 14.3. The number of methoxy groups -OCH3 is 1. The van der Waals surface area contributed by atoms with Crippen molar-refractivity contribution >= 4 is 23.6 Å². The molecular weight excluding hydrogens is 483 g/mol. The Morgan fingerprint density at radius 3 is 2.36 bits per heavy atom. The molecule has 0 unspecified atom stereocenters. The van der Waals surface area contributed by atoms with E-state index in [0.717, 1.165) is 11.1 Å². The zero-order valence-corrected chi connectivity index (χ0v) is 21.4. The van der Waals surface area contributed by atoms with Crippen LogP contribution in [0.5, 0.6) is 5.75 Å². The van der Waals surface area contributed by atoms with E-state index >= 15 is 0 Å². The summed E-state index contributed by atoms with van der Waals surface area (Å²) in [5.74, 6) is -0.166. The number of ether oxygens (including phenoxy) is 2. The number of hydrogen-bond donors (Lipinski definition) is 1. The molecule has 0 atom stereocenters. The van der Waals surface area contributed by atoms with Crippen molar-refractivity contribution in [3.8, 4) is 16.9 Å². The Morgan fingerprint density at radius 1 is 0.972 bits per heavy atom. The molecule has 190 valence electrons. The highest BCUT2D eigenvalue weighted by molar-refractivity contribution is 6.30. The predicted molar refractivity (Wildman–Crippen MR) is 138 cm³/mol. The third-order valence-electron chi connectivity index (χ3n) is 5.66. The van der Waals surface area contributed by atoms with Crippen LogP contribution in [0, 0.1) is 5.82 Å². The summed E-state index contributed by atoms with van der Waals surface area (Å²) >= 11 is 5.93. The lowest BCUT2D eigenvalue weighted by Gasteiger charge is -2.24. The Balaban J connectivity index is 1.86. The van der Waals surface area contributed by atoms with Crippen LogP contribution in [0.1, 0.15) is 30.5 Å². The highest BCUT2D eigenvalue weighted by Crippen LogP contribution is 2.34. The summed E-state index contributed by atoms with van der Waals surface area (Å²) in [6.07, 6.45) is 0.107. The Kier molecular flexibility index (Phi) is 9.70. The number of hydrogen-bond acceptors (Lipinski definition) is 4. The maximum absolute atomic E-state index is 14.3. The van der Waals surface area contributed by atoms with Gasteiger partial charge in [0.1, 0.15) is 11.6 Å². The predicted octanol–water partition coefficient (Wildman–Crippen LogP) is 5.99. The average Bonchev–Trinajstić information content (AvgIpc) is 2.87. The maximum Gasteiger partial charge on any atom is 0.317 e. The topological polar surface area (TPSA) is 67.9 Å². The summed E-state index contributed by atoms with van der Waals surface area (Å²) in [5.41, 5.74) is 3.69. The molecule has 0 bridgehead atoms. The molecule has 2 amide bonds. The van der Waals surface area contributed by atoms with Gasteiger partial charge in [0.15, 0.2) is 0 Å². The monoisotopic (exact) mass is 512 g/mol. The van der Waals surface area contributed by atoms with Gasteiger partial charge in [0, 0.05) is 30.2 Å². The van der Waals surface area contributed by atoms with Crippen LogP contribution in [0.15, 0.2) is 60.7 Å². The van der Waals surface area contributed by atoms with Crippen molar-refractivity contribution in [1.82, 2.24) is 10.2 Å². The van der Waals surface area contributed by atoms with Crippen LogP contribution in [0.4, 0.5) is 9.18 Å². The summed E-state index contributed by atoms with van der Waals surface area (Å²) in [7, 11) is 1.55. The second-order valence-electron chi connectivity index (χ2n) is 8.12. The first-order chi connectivity index (χ1) is 17.3. The highest BCUT2D eigenvalue weighted by atomic mass is 35.5. The summed E-state index contributed by atoms with van der Waals surface area (Å²) in [5, 5.41) is 3.53. The van der Waals surface area contributed by atoms with Gasteiger partial charge in [-0.3, -0.25) is 4.79 Å². The molecule has 0 heterocycles. The first-order valence-electron chi connectivity index (χ1n) is 11.7. The minimum Gasteiger partial charge on any atom is -0.496 e. The summed E-state index contributed by atoms with van der Waals surface area (Å²) in [4.78, 5) is 26.5. The standard InChI is InChI=1S/C28H30ClFN2O4/c1-4-32(28(34)31-17-19-6-9-22(29)10-7-19)18-21-16-23(30)11-12-24(21)25-14-20(8-13-26(25)35-3)15-27(33)36-5-2/h6-14,16H,4-5,15,17-18H2,1-3H3,(H,31,34). The summed E-state index contributed by atoms with van der Waals surface area (Å²) in [6, 6.07) is 16.8. The summed E-state index contributed by atoms with van der Waals surface area (Å²) in [6.45, 7) is 4.86. The third kappa shape index (κ3) is 7.21. The van der Waals surface area contributed by atoms with Gasteiger partial charge in [0.25, 0.3) is 0 Å². The van der Waals surface area contributed by atoms with E-state index in [9.17, 15) is 14.0 Å².